The number of aromatic amines is 1. The largest absolute Gasteiger partial charge is 0.351 e. The van der Waals surface area contributed by atoms with Crippen LogP contribution in [0.2, 0.25) is 0 Å². The van der Waals surface area contributed by atoms with Gasteiger partial charge in [-0.15, -0.1) is 0 Å². The number of fused-ring (bicyclic) bond motifs is 1. The molecule has 0 spiro atoms. The Bertz CT molecular complexity index is 601. The smallest absolute Gasteiger partial charge is 0.251 e. The molecule has 1 heterocycles. The van der Waals surface area contributed by atoms with Crippen molar-refractivity contribution in [1.82, 2.24) is 20.4 Å². The van der Waals surface area contributed by atoms with Gasteiger partial charge in [0.2, 0.25) is 0 Å². The van der Waals surface area contributed by atoms with E-state index in [0.29, 0.717) is 12.1 Å². The summed E-state index contributed by atoms with van der Waals surface area (Å²) in [6.45, 7) is 5.86. The Labute approximate surface area is 119 Å². The molecule has 5 heteroatoms. The third-order valence-electron chi connectivity index (χ3n) is 3.18. The zero-order valence-corrected chi connectivity index (χ0v) is 12.5. The monoisotopic (exact) mass is 274 g/mol. The van der Waals surface area contributed by atoms with E-state index in [-0.39, 0.29) is 11.3 Å². The number of nitrogens with one attached hydrogen (secondary N) is 2. The van der Waals surface area contributed by atoms with Crippen molar-refractivity contribution in [2.45, 2.75) is 13.8 Å². The second-order valence-electron chi connectivity index (χ2n) is 6.26. The van der Waals surface area contributed by atoms with Gasteiger partial charge in [-0.25, -0.2) is 0 Å². The number of nitrogens with zero attached hydrogens (tertiary/aromatic N) is 2. The van der Waals surface area contributed by atoms with Crippen LogP contribution in [0, 0.1) is 5.41 Å². The fourth-order valence-corrected chi connectivity index (χ4v) is 2.41. The molecule has 2 aromatic rings. The highest BCUT2D eigenvalue weighted by molar-refractivity contribution is 5.97. The molecular formula is C15H22N4O. The molecule has 0 aliphatic rings. The molecule has 0 bridgehead atoms. The van der Waals surface area contributed by atoms with Crippen LogP contribution < -0.4 is 5.32 Å². The summed E-state index contributed by atoms with van der Waals surface area (Å²) >= 11 is 0. The van der Waals surface area contributed by atoms with Crippen LogP contribution in [0.1, 0.15) is 24.2 Å². The Kier molecular flexibility index (Phi) is 4.09. The number of carbonyl (C=O) groups excluding carboxylic acids is 1. The first-order chi connectivity index (χ1) is 9.37. The average Bonchev–Trinajstić information content (AvgIpc) is 2.81. The Morgan fingerprint density at radius 3 is 2.85 bits per heavy atom. The van der Waals surface area contributed by atoms with Crippen LogP contribution >= 0.6 is 0 Å². The van der Waals surface area contributed by atoms with Crippen molar-refractivity contribution < 1.29 is 4.79 Å². The highest BCUT2D eigenvalue weighted by atomic mass is 16.1. The van der Waals surface area contributed by atoms with Crippen LogP contribution in [0.15, 0.2) is 24.4 Å². The number of hydrogen-bond donors (Lipinski definition) is 2. The lowest BCUT2D eigenvalue weighted by atomic mass is 9.93. The van der Waals surface area contributed by atoms with Crippen molar-refractivity contribution in [3.8, 4) is 0 Å². The number of aromatic nitrogens is 2. The highest BCUT2D eigenvalue weighted by Crippen LogP contribution is 2.16. The lowest BCUT2D eigenvalue weighted by Crippen LogP contribution is -2.39. The van der Waals surface area contributed by atoms with Crippen molar-refractivity contribution >= 4 is 16.8 Å². The van der Waals surface area contributed by atoms with Gasteiger partial charge >= 0.3 is 0 Å². The summed E-state index contributed by atoms with van der Waals surface area (Å²) in [5, 5.41) is 10.8. The fourth-order valence-electron chi connectivity index (χ4n) is 2.41. The van der Waals surface area contributed by atoms with Crippen LogP contribution in [-0.2, 0) is 0 Å². The van der Waals surface area contributed by atoms with E-state index in [2.05, 4.69) is 34.3 Å². The number of rotatable bonds is 5. The van der Waals surface area contributed by atoms with Crippen LogP contribution in [-0.4, -0.2) is 48.2 Å². The summed E-state index contributed by atoms with van der Waals surface area (Å²) in [6.07, 6.45) is 1.75. The molecule has 2 N–H and O–H groups in total. The van der Waals surface area contributed by atoms with E-state index in [1.807, 2.05) is 32.3 Å². The van der Waals surface area contributed by atoms with Crippen molar-refractivity contribution in [2.24, 2.45) is 5.41 Å². The van der Waals surface area contributed by atoms with E-state index in [1.165, 1.54) is 0 Å². The number of benzene rings is 1. The van der Waals surface area contributed by atoms with Gasteiger partial charge < -0.3 is 10.2 Å². The standard InChI is InChI=1S/C15H22N4O/c1-15(2,10-19(3)4)9-16-14(20)11-5-6-12-8-17-18-13(12)7-11/h5-8H,9-10H2,1-4H3,(H,16,20)(H,17,18). The number of H-pyrrole nitrogens is 1. The van der Waals surface area contributed by atoms with Gasteiger partial charge in [-0.05, 0) is 31.6 Å². The van der Waals surface area contributed by atoms with Crippen molar-refractivity contribution in [1.29, 1.82) is 0 Å². The van der Waals surface area contributed by atoms with Gasteiger partial charge in [0.15, 0.2) is 0 Å². The first kappa shape index (κ1) is 14.5. The van der Waals surface area contributed by atoms with E-state index >= 15 is 0 Å². The van der Waals surface area contributed by atoms with Gasteiger partial charge in [-0.2, -0.15) is 5.10 Å². The molecule has 20 heavy (non-hydrogen) atoms. The minimum atomic E-state index is -0.0478. The first-order valence-electron chi connectivity index (χ1n) is 6.73. The Balaban J connectivity index is 2.01. The molecule has 1 amide bonds. The van der Waals surface area contributed by atoms with Crippen LogP contribution in [0.3, 0.4) is 0 Å². The predicted octanol–water partition coefficient (Wildman–Crippen LogP) is 1.88. The minimum Gasteiger partial charge on any atom is -0.351 e. The van der Waals surface area contributed by atoms with Crippen molar-refractivity contribution in [3.63, 3.8) is 0 Å². The molecule has 0 radical (unpaired) electrons. The molecule has 0 fully saturated rings. The Morgan fingerprint density at radius 2 is 2.15 bits per heavy atom. The zero-order chi connectivity index (χ0) is 14.8. The van der Waals surface area contributed by atoms with Crippen LogP contribution in [0.4, 0.5) is 0 Å². The molecule has 1 aromatic heterocycles. The molecule has 5 nitrogen and oxygen atoms in total. The second kappa shape index (κ2) is 5.63. The summed E-state index contributed by atoms with van der Waals surface area (Å²) in [7, 11) is 4.07. The SMILES string of the molecule is CN(C)CC(C)(C)CNC(=O)c1ccc2cn[nH]c2c1. The second-order valence-corrected chi connectivity index (χ2v) is 6.26. The van der Waals surface area contributed by atoms with E-state index in [9.17, 15) is 4.79 Å². The molecule has 0 aliphatic heterocycles. The molecule has 2 rings (SSSR count). The molecule has 0 unspecified atom stereocenters. The Morgan fingerprint density at radius 1 is 1.40 bits per heavy atom. The molecule has 0 aliphatic carbocycles. The van der Waals surface area contributed by atoms with Crippen molar-refractivity contribution in [3.05, 3.63) is 30.0 Å². The van der Waals surface area contributed by atoms with Crippen LogP contribution in [0.5, 0.6) is 0 Å². The van der Waals surface area contributed by atoms with Gasteiger partial charge in [0.1, 0.15) is 0 Å². The van der Waals surface area contributed by atoms with Gasteiger partial charge in [-0.3, -0.25) is 9.89 Å². The highest BCUT2D eigenvalue weighted by Gasteiger charge is 2.20. The maximum absolute atomic E-state index is 12.2. The summed E-state index contributed by atoms with van der Waals surface area (Å²) in [5.74, 6) is -0.0478. The zero-order valence-electron chi connectivity index (χ0n) is 12.5. The fraction of sp³-hybridized carbons (Fsp3) is 0.467. The maximum atomic E-state index is 12.2. The van der Waals surface area contributed by atoms with Crippen molar-refractivity contribution in [2.75, 3.05) is 27.2 Å². The lowest BCUT2D eigenvalue weighted by Gasteiger charge is -2.28. The average molecular weight is 274 g/mol. The number of amides is 1. The number of hydrogen-bond acceptors (Lipinski definition) is 3. The van der Waals surface area contributed by atoms with Crippen LogP contribution in [0.25, 0.3) is 10.9 Å². The summed E-state index contributed by atoms with van der Waals surface area (Å²) in [5.41, 5.74) is 1.57. The summed E-state index contributed by atoms with van der Waals surface area (Å²) in [6, 6.07) is 5.56. The summed E-state index contributed by atoms with van der Waals surface area (Å²) < 4.78 is 0. The van der Waals surface area contributed by atoms with E-state index < -0.39 is 0 Å². The van der Waals surface area contributed by atoms with Gasteiger partial charge in [0.05, 0.1) is 11.7 Å². The van der Waals surface area contributed by atoms with Gasteiger partial charge in [0.25, 0.3) is 5.91 Å². The quantitative estimate of drug-likeness (QED) is 0.875. The Hall–Kier alpha value is -1.88. The van der Waals surface area contributed by atoms with E-state index in [1.54, 1.807) is 6.20 Å². The third-order valence-corrected chi connectivity index (χ3v) is 3.18. The molecule has 108 valence electrons. The predicted molar refractivity (Wildman–Crippen MR) is 80.8 cm³/mol. The minimum absolute atomic E-state index is 0.0389. The molecular weight excluding hydrogens is 252 g/mol. The van der Waals surface area contributed by atoms with E-state index in [4.69, 9.17) is 0 Å². The van der Waals surface area contributed by atoms with Gasteiger partial charge in [-0.1, -0.05) is 19.9 Å². The first-order valence-corrected chi connectivity index (χ1v) is 6.73. The topological polar surface area (TPSA) is 61.0 Å². The molecule has 0 saturated heterocycles. The molecule has 1 aromatic carbocycles. The summed E-state index contributed by atoms with van der Waals surface area (Å²) in [4.78, 5) is 14.3. The molecule has 0 atom stereocenters. The normalized spacial score (nSPS) is 12.1. The third kappa shape index (κ3) is 3.57. The van der Waals surface area contributed by atoms with E-state index in [0.717, 1.165) is 17.4 Å². The maximum Gasteiger partial charge on any atom is 0.251 e. The number of carbonyl (C=O) groups is 1. The lowest BCUT2D eigenvalue weighted by molar-refractivity contribution is 0.0929. The van der Waals surface area contributed by atoms with Gasteiger partial charge in [0, 0.05) is 24.0 Å². The molecule has 0 saturated carbocycles.